The van der Waals surface area contributed by atoms with Crippen LogP contribution in [0, 0.1) is 5.82 Å². The summed E-state index contributed by atoms with van der Waals surface area (Å²) in [5.41, 5.74) is 3.15. The van der Waals surface area contributed by atoms with Crippen LogP contribution in [0.1, 0.15) is 19.4 Å². The molecule has 1 unspecified atom stereocenters. The standard InChI is InChI=1S/C17H19ClFN/c1-3-20-12(2)10-13-4-6-14(7-5-13)16-9-8-15(19)11-17(16)18/h4-9,11-12,20H,3,10H2,1-2H3. The van der Waals surface area contributed by atoms with Crippen molar-refractivity contribution in [1.82, 2.24) is 5.32 Å². The highest BCUT2D eigenvalue weighted by atomic mass is 35.5. The molecule has 1 atom stereocenters. The monoisotopic (exact) mass is 291 g/mol. The number of rotatable bonds is 5. The summed E-state index contributed by atoms with van der Waals surface area (Å²) in [6.07, 6.45) is 0.991. The molecule has 2 aromatic rings. The highest BCUT2D eigenvalue weighted by molar-refractivity contribution is 6.33. The van der Waals surface area contributed by atoms with Gasteiger partial charge in [0.2, 0.25) is 0 Å². The zero-order valence-corrected chi connectivity index (χ0v) is 12.5. The maximum absolute atomic E-state index is 13.1. The molecular weight excluding hydrogens is 273 g/mol. The molecule has 0 aliphatic heterocycles. The predicted molar refractivity (Wildman–Crippen MR) is 83.7 cm³/mol. The lowest BCUT2D eigenvalue weighted by Crippen LogP contribution is -2.27. The predicted octanol–water partition coefficient (Wildman–Crippen LogP) is 4.69. The lowest BCUT2D eigenvalue weighted by Gasteiger charge is -2.12. The molecule has 0 fully saturated rings. The Morgan fingerprint density at radius 1 is 1.15 bits per heavy atom. The van der Waals surface area contributed by atoms with Crippen molar-refractivity contribution in [3.8, 4) is 11.1 Å². The maximum atomic E-state index is 13.1. The maximum Gasteiger partial charge on any atom is 0.124 e. The highest BCUT2D eigenvalue weighted by Gasteiger charge is 2.06. The summed E-state index contributed by atoms with van der Waals surface area (Å²) >= 11 is 6.08. The molecule has 106 valence electrons. The Morgan fingerprint density at radius 2 is 1.85 bits per heavy atom. The summed E-state index contributed by atoms with van der Waals surface area (Å²) in [6.45, 7) is 5.26. The van der Waals surface area contributed by atoms with E-state index in [1.807, 2.05) is 12.1 Å². The molecule has 3 heteroatoms. The van der Waals surface area contributed by atoms with E-state index in [1.54, 1.807) is 6.07 Å². The fourth-order valence-electron chi connectivity index (χ4n) is 2.32. The molecule has 0 aliphatic carbocycles. The van der Waals surface area contributed by atoms with E-state index in [1.165, 1.54) is 17.7 Å². The third-order valence-corrected chi connectivity index (χ3v) is 3.60. The molecule has 1 N–H and O–H groups in total. The molecule has 0 saturated heterocycles. The molecule has 20 heavy (non-hydrogen) atoms. The minimum Gasteiger partial charge on any atom is -0.314 e. The number of nitrogens with one attached hydrogen (secondary N) is 1. The van der Waals surface area contributed by atoms with Gasteiger partial charge in [0, 0.05) is 11.6 Å². The van der Waals surface area contributed by atoms with Gasteiger partial charge in [0.25, 0.3) is 0 Å². The van der Waals surface area contributed by atoms with Crippen LogP contribution in [0.5, 0.6) is 0 Å². The zero-order valence-electron chi connectivity index (χ0n) is 11.8. The van der Waals surface area contributed by atoms with Gasteiger partial charge in [-0.15, -0.1) is 0 Å². The van der Waals surface area contributed by atoms with Crippen LogP contribution in [-0.4, -0.2) is 12.6 Å². The third kappa shape index (κ3) is 3.81. The Labute approximate surface area is 124 Å². The van der Waals surface area contributed by atoms with Crippen LogP contribution in [0.4, 0.5) is 4.39 Å². The fourth-order valence-corrected chi connectivity index (χ4v) is 2.59. The van der Waals surface area contributed by atoms with Crippen molar-refractivity contribution in [2.24, 2.45) is 0 Å². The average molecular weight is 292 g/mol. The quantitative estimate of drug-likeness (QED) is 0.843. The Morgan fingerprint density at radius 3 is 2.45 bits per heavy atom. The summed E-state index contributed by atoms with van der Waals surface area (Å²) in [7, 11) is 0. The number of hydrogen-bond donors (Lipinski definition) is 1. The van der Waals surface area contributed by atoms with E-state index >= 15 is 0 Å². The van der Waals surface area contributed by atoms with Crippen molar-refractivity contribution < 1.29 is 4.39 Å². The van der Waals surface area contributed by atoms with E-state index < -0.39 is 0 Å². The van der Waals surface area contributed by atoms with Crippen molar-refractivity contribution in [3.63, 3.8) is 0 Å². The first-order valence-corrected chi connectivity index (χ1v) is 7.25. The Hall–Kier alpha value is -1.38. The minimum absolute atomic E-state index is 0.310. The molecule has 0 saturated carbocycles. The van der Waals surface area contributed by atoms with Gasteiger partial charge >= 0.3 is 0 Å². The van der Waals surface area contributed by atoms with Gasteiger partial charge in [-0.2, -0.15) is 0 Å². The van der Waals surface area contributed by atoms with Gasteiger partial charge in [0.05, 0.1) is 5.02 Å². The lowest BCUT2D eigenvalue weighted by atomic mass is 10.0. The van der Waals surface area contributed by atoms with E-state index in [9.17, 15) is 4.39 Å². The first kappa shape index (κ1) is 15.0. The minimum atomic E-state index is -0.310. The summed E-state index contributed by atoms with van der Waals surface area (Å²) in [4.78, 5) is 0. The fraction of sp³-hybridized carbons (Fsp3) is 0.294. The average Bonchev–Trinajstić information content (AvgIpc) is 2.40. The van der Waals surface area contributed by atoms with Gasteiger partial charge in [-0.05, 0) is 49.2 Å². The van der Waals surface area contributed by atoms with Crippen molar-refractivity contribution in [2.75, 3.05) is 6.54 Å². The smallest absolute Gasteiger partial charge is 0.124 e. The number of benzene rings is 2. The largest absolute Gasteiger partial charge is 0.314 e. The van der Waals surface area contributed by atoms with Crippen LogP contribution >= 0.6 is 11.6 Å². The topological polar surface area (TPSA) is 12.0 Å². The van der Waals surface area contributed by atoms with Gasteiger partial charge in [-0.3, -0.25) is 0 Å². The molecule has 0 spiro atoms. The van der Waals surface area contributed by atoms with Crippen molar-refractivity contribution in [1.29, 1.82) is 0 Å². The van der Waals surface area contributed by atoms with Crippen molar-refractivity contribution in [2.45, 2.75) is 26.3 Å². The summed E-state index contributed by atoms with van der Waals surface area (Å²) < 4.78 is 13.1. The first-order valence-electron chi connectivity index (χ1n) is 6.88. The van der Waals surface area contributed by atoms with Crippen molar-refractivity contribution >= 4 is 11.6 Å². The van der Waals surface area contributed by atoms with Crippen molar-refractivity contribution in [3.05, 3.63) is 58.9 Å². The van der Waals surface area contributed by atoms with Gasteiger partial charge in [0.15, 0.2) is 0 Å². The van der Waals surface area contributed by atoms with E-state index in [-0.39, 0.29) is 5.82 Å². The number of hydrogen-bond acceptors (Lipinski definition) is 1. The van der Waals surface area contributed by atoms with E-state index in [0.29, 0.717) is 11.1 Å². The molecule has 2 rings (SSSR count). The second kappa shape index (κ2) is 6.87. The molecule has 0 radical (unpaired) electrons. The van der Waals surface area contributed by atoms with E-state index in [4.69, 9.17) is 11.6 Å². The SMILES string of the molecule is CCNC(C)Cc1ccc(-c2ccc(F)cc2Cl)cc1. The summed E-state index contributed by atoms with van der Waals surface area (Å²) in [5.74, 6) is -0.310. The number of likely N-dealkylation sites (N-methyl/N-ethyl adjacent to an activating group) is 1. The molecule has 1 nitrogen and oxygen atoms in total. The van der Waals surface area contributed by atoms with Gasteiger partial charge in [0.1, 0.15) is 5.82 Å². The van der Waals surface area contributed by atoms with Crippen LogP contribution in [0.25, 0.3) is 11.1 Å². The second-order valence-corrected chi connectivity index (χ2v) is 5.39. The number of halogens is 2. The lowest BCUT2D eigenvalue weighted by molar-refractivity contribution is 0.565. The molecule has 0 aliphatic rings. The zero-order chi connectivity index (χ0) is 14.5. The third-order valence-electron chi connectivity index (χ3n) is 3.29. The second-order valence-electron chi connectivity index (χ2n) is 4.98. The molecular formula is C17H19ClFN. The van der Waals surface area contributed by atoms with Crippen LogP contribution in [0.2, 0.25) is 5.02 Å². The van der Waals surface area contributed by atoms with Gasteiger partial charge in [-0.25, -0.2) is 4.39 Å². The van der Waals surface area contributed by atoms with E-state index in [2.05, 4.69) is 31.3 Å². The molecule has 0 heterocycles. The molecule has 2 aromatic carbocycles. The Balaban J connectivity index is 2.15. The molecule has 0 bridgehead atoms. The van der Waals surface area contributed by atoms with Crippen LogP contribution in [0.3, 0.4) is 0 Å². The highest BCUT2D eigenvalue weighted by Crippen LogP contribution is 2.28. The van der Waals surface area contributed by atoms with Crippen LogP contribution < -0.4 is 5.32 Å². The Kier molecular flexibility index (Phi) is 5.16. The summed E-state index contributed by atoms with van der Waals surface area (Å²) in [5, 5.41) is 3.84. The first-order chi connectivity index (χ1) is 9.60. The van der Waals surface area contributed by atoms with Gasteiger partial charge in [-0.1, -0.05) is 42.8 Å². The van der Waals surface area contributed by atoms with Gasteiger partial charge < -0.3 is 5.32 Å². The van der Waals surface area contributed by atoms with Crippen LogP contribution in [0.15, 0.2) is 42.5 Å². The van der Waals surface area contributed by atoms with Crippen LogP contribution in [-0.2, 0) is 6.42 Å². The molecule has 0 amide bonds. The summed E-state index contributed by atoms with van der Waals surface area (Å²) in [6, 6.07) is 13.2. The van der Waals surface area contributed by atoms with E-state index in [0.717, 1.165) is 24.1 Å². The molecule has 0 aromatic heterocycles. The normalized spacial score (nSPS) is 12.4. The Bertz CT molecular complexity index is 566.